The van der Waals surface area contributed by atoms with Crippen molar-refractivity contribution in [3.05, 3.63) is 5.92 Å². The number of hydrogen-bond acceptors (Lipinski definition) is 4. The number of aliphatic imine (C=N–C) groups is 1. The molecule has 0 aliphatic rings. The summed E-state index contributed by atoms with van der Waals surface area (Å²) in [5.41, 5.74) is 5.86. The maximum absolute atomic E-state index is 11.0. The first-order valence-electron chi connectivity index (χ1n) is 7.28. The van der Waals surface area contributed by atoms with Crippen LogP contribution in [-0.4, -0.2) is 42.4 Å². The van der Waals surface area contributed by atoms with Gasteiger partial charge >= 0.3 is 0 Å². The van der Waals surface area contributed by atoms with Crippen molar-refractivity contribution >= 4 is 23.4 Å². The summed E-state index contributed by atoms with van der Waals surface area (Å²) in [6, 6.07) is 0. The van der Waals surface area contributed by atoms with Gasteiger partial charge in [0.1, 0.15) is 0 Å². The van der Waals surface area contributed by atoms with Gasteiger partial charge in [-0.1, -0.05) is 0 Å². The number of hydrogen-bond donors (Lipinski definition) is 1. The number of ketones is 1. The van der Waals surface area contributed by atoms with E-state index in [0.29, 0.717) is 0 Å². The SMILES string of the molecule is CCOC(C)CCN=C(N)CCCSC[C-](C)C(C)=O.[Y]. The van der Waals surface area contributed by atoms with E-state index in [0.717, 1.165) is 55.7 Å². The molecule has 0 aliphatic heterocycles. The van der Waals surface area contributed by atoms with Crippen LogP contribution >= 0.6 is 11.8 Å². The van der Waals surface area contributed by atoms with Crippen LogP contribution in [0.5, 0.6) is 0 Å². The van der Waals surface area contributed by atoms with Crippen molar-refractivity contribution < 1.29 is 42.2 Å². The number of Topliss-reactive ketones (excluding diaryl/α,β-unsaturated/α-hetero) is 1. The Morgan fingerprint density at radius 2 is 2.14 bits per heavy atom. The molecule has 0 aromatic heterocycles. The minimum atomic E-state index is 0. The molecule has 0 aromatic carbocycles. The minimum Gasteiger partial charge on any atom is -0.387 e. The zero-order valence-corrected chi connectivity index (χ0v) is 17.5. The van der Waals surface area contributed by atoms with Crippen molar-refractivity contribution in [2.24, 2.45) is 10.7 Å². The first-order valence-corrected chi connectivity index (χ1v) is 8.44. The van der Waals surface area contributed by atoms with Crippen LogP contribution in [-0.2, 0) is 42.2 Å². The van der Waals surface area contributed by atoms with E-state index in [1.807, 2.05) is 13.8 Å². The molecule has 0 bridgehead atoms. The zero-order valence-electron chi connectivity index (χ0n) is 13.9. The second-order valence-electron chi connectivity index (χ2n) is 4.92. The van der Waals surface area contributed by atoms with E-state index in [-0.39, 0.29) is 44.6 Å². The fourth-order valence-corrected chi connectivity index (χ4v) is 2.52. The molecule has 0 fully saturated rings. The Morgan fingerprint density at radius 1 is 1.48 bits per heavy atom. The van der Waals surface area contributed by atoms with E-state index in [1.165, 1.54) is 0 Å². The molecule has 0 saturated carbocycles. The van der Waals surface area contributed by atoms with Crippen LogP contribution in [0.2, 0.25) is 0 Å². The fourth-order valence-electron chi connectivity index (χ4n) is 1.52. The molecular formula is C15H29N2O2SY-. The van der Waals surface area contributed by atoms with E-state index in [9.17, 15) is 4.79 Å². The predicted molar refractivity (Wildman–Crippen MR) is 88.4 cm³/mol. The number of amidine groups is 1. The first-order chi connectivity index (χ1) is 9.47. The Bertz CT molecular complexity index is 301. The summed E-state index contributed by atoms with van der Waals surface area (Å²) in [5, 5.41) is 0. The Balaban J connectivity index is 0. The van der Waals surface area contributed by atoms with Gasteiger partial charge in [0.15, 0.2) is 0 Å². The van der Waals surface area contributed by atoms with Crippen molar-refractivity contribution in [1.82, 2.24) is 0 Å². The van der Waals surface area contributed by atoms with Gasteiger partial charge in [0.2, 0.25) is 0 Å². The third-order valence-corrected chi connectivity index (χ3v) is 4.16. The molecule has 1 radical (unpaired) electrons. The molecule has 1 atom stereocenters. The fraction of sp³-hybridized carbons (Fsp3) is 0.800. The summed E-state index contributed by atoms with van der Waals surface area (Å²) < 4.78 is 5.44. The Hall–Kier alpha value is 0.424. The van der Waals surface area contributed by atoms with Gasteiger partial charge in [-0.15, -0.1) is 5.75 Å². The van der Waals surface area contributed by atoms with Crippen LogP contribution in [0.4, 0.5) is 0 Å². The molecule has 0 spiro atoms. The molecule has 4 nitrogen and oxygen atoms in total. The Kier molecular flexibility index (Phi) is 17.3. The van der Waals surface area contributed by atoms with Crippen LogP contribution in [0.25, 0.3) is 0 Å². The molecular weight excluding hydrogens is 361 g/mol. The zero-order chi connectivity index (χ0) is 15.4. The largest absolute Gasteiger partial charge is 0.387 e. The van der Waals surface area contributed by atoms with Crippen LogP contribution < -0.4 is 5.73 Å². The predicted octanol–water partition coefficient (Wildman–Crippen LogP) is 2.85. The summed E-state index contributed by atoms with van der Waals surface area (Å²) in [7, 11) is 0. The summed E-state index contributed by atoms with van der Waals surface area (Å²) in [5.74, 6) is 3.67. The number of carbonyl (C=O) groups is 1. The van der Waals surface area contributed by atoms with E-state index >= 15 is 0 Å². The van der Waals surface area contributed by atoms with E-state index in [4.69, 9.17) is 10.5 Å². The van der Waals surface area contributed by atoms with Gasteiger partial charge in [-0.3, -0.25) is 4.99 Å². The number of ether oxygens (including phenoxy) is 1. The standard InChI is InChI=1S/C15H29N2O2S.Y/c1-5-19-13(3)8-9-17-15(16)7-6-10-20-11-12(2)14(4)18;/h13H,5-11H2,1-4H3,(H2,16,17);/q-1;. The summed E-state index contributed by atoms with van der Waals surface area (Å²) in [6.07, 6.45) is 2.99. The normalized spacial score (nSPS) is 12.7. The molecule has 1 unspecified atom stereocenters. The third kappa shape index (κ3) is 15.1. The topological polar surface area (TPSA) is 64.7 Å². The molecule has 121 valence electrons. The van der Waals surface area contributed by atoms with E-state index in [2.05, 4.69) is 11.9 Å². The monoisotopic (exact) mass is 390 g/mol. The van der Waals surface area contributed by atoms with Crippen molar-refractivity contribution in [1.29, 1.82) is 0 Å². The van der Waals surface area contributed by atoms with Gasteiger partial charge < -0.3 is 21.2 Å². The van der Waals surface area contributed by atoms with Gasteiger partial charge in [-0.05, 0) is 45.1 Å². The summed E-state index contributed by atoms with van der Waals surface area (Å²) in [4.78, 5) is 15.4. The Morgan fingerprint density at radius 3 is 2.71 bits per heavy atom. The van der Waals surface area contributed by atoms with Gasteiger partial charge in [-0.25, -0.2) is 0 Å². The number of rotatable bonds is 12. The number of nitrogens with two attached hydrogens (primary N) is 1. The molecule has 0 saturated heterocycles. The van der Waals surface area contributed by atoms with Crippen molar-refractivity contribution in [2.45, 2.75) is 53.1 Å². The maximum atomic E-state index is 11.0. The average molecular weight is 390 g/mol. The molecule has 0 rings (SSSR count). The second kappa shape index (κ2) is 15.3. The number of thioether (sulfide) groups is 1. The van der Waals surface area contributed by atoms with Gasteiger partial charge in [0, 0.05) is 52.3 Å². The molecule has 21 heavy (non-hydrogen) atoms. The van der Waals surface area contributed by atoms with Crippen LogP contribution in [0.3, 0.4) is 0 Å². The molecule has 0 aliphatic carbocycles. The van der Waals surface area contributed by atoms with E-state index in [1.54, 1.807) is 18.7 Å². The van der Waals surface area contributed by atoms with Crippen LogP contribution in [0.15, 0.2) is 4.99 Å². The van der Waals surface area contributed by atoms with Crippen molar-refractivity contribution in [3.63, 3.8) is 0 Å². The van der Waals surface area contributed by atoms with Crippen molar-refractivity contribution in [2.75, 3.05) is 24.7 Å². The first kappa shape index (κ1) is 23.7. The Labute approximate surface area is 159 Å². The molecule has 2 N–H and O–H groups in total. The molecule has 0 heterocycles. The molecule has 0 aromatic rings. The summed E-state index contributed by atoms with van der Waals surface area (Å²) in [6.45, 7) is 9.04. The minimum absolute atomic E-state index is 0. The van der Waals surface area contributed by atoms with Crippen LogP contribution in [0, 0.1) is 5.92 Å². The number of carbonyl (C=O) groups excluding carboxylic acids is 1. The molecule has 0 amide bonds. The van der Waals surface area contributed by atoms with E-state index < -0.39 is 0 Å². The maximum Gasteiger partial charge on any atom is 0.0937 e. The average Bonchev–Trinajstić information content (AvgIpc) is 2.38. The summed E-state index contributed by atoms with van der Waals surface area (Å²) >= 11 is 1.78. The van der Waals surface area contributed by atoms with Gasteiger partial charge in [-0.2, -0.15) is 18.7 Å². The van der Waals surface area contributed by atoms with Crippen LogP contribution in [0.1, 0.15) is 47.0 Å². The quantitative estimate of drug-likeness (QED) is 0.241. The molecule has 6 heteroatoms. The smallest absolute Gasteiger partial charge is 0.0937 e. The van der Waals surface area contributed by atoms with Crippen molar-refractivity contribution in [3.8, 4) is 0 Å². The third-order valence-electron chi connectivity index (χ3n) is 2.94. The van der Waals surface area contributed by atoms with Gasteiger partial charge in [0.05, 0.1) is 11.9 Å². The van der Waals surface area contributed by atoms with Gasteiger partial charge in [0.25, 0.3) is 0 Å². The second-order valence-corrected chi connectivity index (χ2v) is 6.03. The number of nitrogens with zero attached hydrogens (tertiary/aromatic N) is 1.